The molecule has 1 aromatic heterocycles. The summed E-state index contributed by atoms with van der Waals surface area (Å²) in [7, 11) is 0. The summed E-state index contributed by atoms with van der Waals surface area (Å²) < 4.78 is 0. The highest BCUT2D eigenvalue weighted by atomic mass is 35.5. The Morgan fingerprint density at radius 2 is 1.89 bits per heavy atom. The number of rotatable bonds is 3. The number of carbonyl (C=O) groups is 1. The Morgan fingerprint density at radius 3 is 2.68 bits per heavy atom. The Hall–Kier alpha value is -2.39. The first-order chi connectivity index (χ1) is 13.5. The summed E-state index contributed by atoms with van der Waals surface area (Å²) >= 11 is 6.68. The molecular formula is C24H25ClN2O. The van der Waals surface area contributed by atoms with E-state index in [1.165, 1.54) is 5.56 Å². The number of carbonyl (C=O) groups excluding carboxylic acids is 1. The van der Waals surface area contributed by atoms with Gasteiger partial charge in [-0.15, -0.1) is 0 Å². The number of amides is 1. The summed E-state index contributed by atoms with van der Waals surface area (Å²) in [4.78, 5) is 20.0. The average Bonchev–Trinajstić information content (AvgIpc) is 2.71. The van der Waals surface area contributed by atoms with Crippen LogP contribution in [0.1, 0.15) is 52.5 Å². The quantitative estimate of drug-likeness (QED) is 0.543. The molecular weight excluding hydrogens is 368 g/mol. The third-order valence-electron chi connectivity index (χ3n) is 5.66. The molecule has 4 rings (SSSR count). The Kier molecular flexibility index (Phi) is 5.11. The molecule has 3 aromatic rings. The van der Waals surface area contributed by atoms with E-state index in [1.54, 1.807) is 0 Å². The predicted octanol–water partition coefficient (Wildman–Crippen LogP) is 6.05. The van der Waals surface area contributed by atoms with E-state index in [-0.39, 0.29) is 5.91 Å². The molecule has 1 aliphatic carbocycles. The van der Waals surface area contributed by atoms with Gasteiger partial charge in [0.1, 0.15) is 0 Å². The monoisotopic (exact) mass is 392 g/mol. The molecule has 0 spiro atoms. The van der Waals surface area contributed by atoms with Crippen molar-refractivity contribution >= 4 is 34.1 Å². The van der Waals surface area contributed by atoms with E-state index < -0.39 is 0 Å². The van der Waals surface area contributed by atoms with Crippen LogP contribution >= 0.6 is 11.6 Å². The van der Waals surface area contributed by atoms with Crippen LogP contribution in [0.5, 0.6) is 0 Å². The van der Waals surface area contributed by atoms with Crippen LogP contribution in [-0.2, 0) is 12.8 Å². The number of aryl methyl sites for hydroxylation is 3. The van der Waals surface area contributed by atoms with E-state index in [0.29, 0.717) is 12.1 Å². The molecule has 0 saturated heterocycles. The second kappa shape index (κ2) is 7.56. The van der Waals surface area contributed by atoms with Gasteiger partial charge in [0.2, 0.25) is 0 Å². The maximum atomic E-state index is 13.3. The highest BCUT2D eigenvalue weighted by Gasteiger charge is 2.21. The molecule has 0 bridgehead atoms. The van der Waals surface area contributed by atoms with Crippen LogP contribution in [-0.4, -0.2) is 17.4 Å². The minimum Gasteiger partial charge on any atom is -0.308 e. The Morgan fingerprint density at radius 1 is 1.11 bits per heavy atom. The summed E-state index contributed by atoms with van der Waals surface area (Å²) in [6, 6.07) is 11.9. The fourth-order valence-electron chi connectivity index (χ4n) is 4.09. The van der Waals surface area contributed by atoms with Gasteiger partial charge in [-0.1, -0.05) is 29.8 Å². The maximum Gasteiger partial charge on any atom is 0.258 e. The second-order valence-electron chi connectivity index (χ2n) is 7.63. The number of hydrogen-bond donors (Lipinski definition) is 0. The Bertz CT molecular complexity index is 1070. The molecule has 3 nitrogen and oxygen atoms in total. The first-order valence-electron chi connectivity index (χ1n) is 9.99. The summed E-state index contributed by atoms with van der Waals surface area (Å²) in [5, 5.41) is 1.74. The van der Waals surface area contributed by atoms with Crippen LogP contribution in [0.15, 0.2) is 36.4 Å². The van der Waals surface area contributed by atoms with Crippen molar-refractivity contribution in [3.63, 3.8) is 0 Å². The van der Waals surface area contributed by atoms with Crippen molar-refractivity contribution in [1.82, 2.24) is 4.98 Å². The first kappa shape index (κ1) is 18.9. The Balaban J connectivity index is 1.77. The lowest BCUT2D eigenvalue weighted by molar-refractivity contribution is 0.0988. The number of hydrogen-bond acceptors (Lipinski definition) is 2. The molecule has 4 heteroatoms. The third kappa shape index (κ3) is 3.29. The number of benzene rings is 2. The molecule has 0 atom stereocenters. The lowest BCUT2D eigenvalue weighted by Crippen LogP contribution is -2.31. The lowest BCUT2D eigenvalue weighted by Gasteiger charge is -2.24. The Labute approximate surface area is 171 Å². The number of aromatic nitrogens is 1. The van der Waals surface area contributed by atoms with Gasteiger partial charge in [0, 0.05) is 28.9 Å². The van der Waals surface area contributed by atoms with Crippen LogP contribution in [0.25, 0.3) is 10.9 Å². The summed E-state index contributed by atoms with van der Waals surface area (Å²) in [5.74, 6) is -0.00579. The largest absolute Gasteiger partial charge is 0.308 e. The van der Waals surface area contributed by atoms with Crippen molar-refractivity contribution in [1.29, 1.82) is 0 Å². The van der Waals surface area contributed by atoms with Crippen molar-refractivity contribution in [2.45, 2.75) is 46.5 Å². The molecule has 1 amide bonds. The molecule has 0 N–H and O–H groups in total. The van der Waals surface area contributed by atoms with E-state index in [9.17, 15) is 4.79 Å². The minimum absolute atomic E-state index is 0.00579. The van der Waals surface area contributed by atoms with Gasteiger partial charge in [-0.2, -0.15) is 0 Å². The molecule has 0 aliphatic heterocycles. The van der Waals surface area contributed by atoms with Crippen molar-refractivity contribution < 1.29 is 4.79 Å². The second-order valence-corrected chi connectivity index (χ2v) is 8.01. The smallest absolute Gasteiger partial charge is 0.258 e. The molecule has 0 radical (unpaired) electrons. The van der Waals surface area contributed by atoms with E-state index in [1.807, 2.05) is 43.9 Å². The van der Waals surface area contributed by atoms with Gasteiger partial charge in [0.15, 0.2) is 0 Å². The van der Waals surface area contributed by atoms with Gasteiger partial charge in [0.25, 0.3) is 5.91 Å². The number of pyridine rings is 1. The summed E-state index contributed by atoms with van der Waals surface area (Å²) in [6.45, 7) is 6.71. The minimum atomic E-state index is -0.00579. The number of anilines is 1. The van der Waals surface area contributed by atoms with Gasteiger partial charge in [0.05, 0.1) is 10.5 Å². The zero-order valence-electron chi connectivity index (χ0n) is 16.7. The standard InChI is InChI=1S/C24H25ClN2O/c1-4-27(22-13-15(2)9-10-16(22)3)24(28)17-11-12-19-21(14-17)26-20-8-6-5-7-18(20)23(19)25/h9-14H,4-8H2,1-3H3. The SMILES string of the molecule is CCN(C(=O)c1ccc2c(Cl)c3c(nc2c1)CCCC3)c1cc(C)ccc1C. The molecule has 0 fully saturated rings. The maximum absolute atomic E-state index is 13.3. The topological polar surface area (TPSA) is 33.2 Å². The molecule has 1 aliphatic rings. The fraction of sp³-hybridized carbons (Fsp3) is 0.333. The lowest BCUT2D eigenvalue weighted by atomic mass is 9.94. The summed E-state index contributed by atoms with van der Waals surface area (Å²) in [5.41, 5.74) is 6.94. The molecule has 2 aromatic carbocycles. The van der Waals surface area contributed by atoms with Crippen molar-refractivity contribution in [2.24, 2.45) is 0 Å². The van der Waals surface area contributed by atoms with E-state index in [0.717, 1.165) is 64.1 Å². The zero-order valence-corrected chi connectivity index (χ0v) is 17.4. The number of nitrogens with zero attached hydrogens (tertiary/aromatic N) is 2. The van der Waals surface area contributed by atoms with Crippen LogP contribution in [0.2, 0.25) is 5.02 Å². The zero-order chi connectivity index (χ0) is 19.8. The highest BCUT2D eigenvalue weighted by Crippen LogP contribution is 2.33. The predicted molar refractivity (Wildman–Crippen MR) is 117 cm³/mol. The third-order valence-corrected chi connectivity index (χ3v) is 6.09. The average molecular weight is 393 g/mol. The van der Waals surface area contributed by atoms with Gasteiger partial charge >= 0.3 is 0 Å². The van der Waals surface area contributed by atoms with Crippen molar-refractivity contribution in [3.8, 4) is 0 Å². The molecule has 28 heavy (non-hydrogen) atoms. The van der Waals surface area contributed by atoms with E-state index in [4.69, 9.17) is 16.6 Å². The molecule has 0 unspecified atom stereocenters. The van der Waals surface area contributed by atoms with Crippen LogP contribution in [0, 0.1) is 13.8 Å². The van der Waals surface area contributed by atoms with Gasteiger partial charge in [-0.25, -0.2) is 0 Å². The summed E-state index contributed by atoms with van der Waals surface area (Å²) in [6.07, 6.45) is 4.27. The van der Waals surface area contributed by atoms with E-state index >= 15 is 0 Å². The molecule has 1 heterocycles. The van der Waals surface area contributed by atoms with Gasteiger partial charge in [-0.3, -0.25) is 9.78 Å². The number of halogens is 1. The van der Waals surface area contributed by atoms with Gasteiger partial charge < -0.3 is 4.90 Å². The first-order valence-corrected chi connectivity index (χ1v) is 10.4. The number of fused-ring (bicyclic) bond motifs is 2. The van der Waals surface area contributed by atoms with Crippen LogP contribution in [0.3, 0.4) is 0 Å². The normalized spacial score (nSPS) is 13.4. The molecule has 0 saturated carbocycles. The van der Waals surface area contributed by atoms with Crippen LogP contribution in [0.4, 0.5) is 5.69 Å². The highest BCUT2D eigenvalue weighted by molar-refractivity contribution is 6.36. The van der Waals surface area contributed by atoms with E-state index in [2.05, 4.69) is 18.2 Å². The van der Waals surface area contributed by atoms with Crippen LogP contribution < -0.4 is 4.90 Å². The molecule has 144 valence electrons. The van der Waals surface area contributed by atoms with Crippen molar-refractivity contribution in [3.05, 3.63) is 69.4 Å². The van der Waals surface area contributed by atoms with Gasteiger partial charge in [-0.05, 0) is 81.3 Å². The fourth-order valence-corrected chi connectivity index (χ4v) is 4.45. The van der Waals surface area contributed by atoms with Crippen molar-refractivity contribution in [2.75, 3.05) is 11.4 Å².